The summed E-state index contributed by atoms with van der Waals surface area (Å²) >= 11 is 0. The van der Waals surface area contributed by atoms with E-state index in [1.807, 2.05) is 16.8 Å². The number of nitrogens with one attached hydrogen (secondary N) is 2. The number of likely N-dealkylation sites (tertiary alicyclic amines) is 1. The Labute approximate surface area is 111 Å². The van der Waals surface area contributed by atoms with Gasteiger partial charge in [-0.2, -0.15) is 0 Å². The molecule has 2 aromatic rings. The maximum absolute atomic E-state index is 12.1. The minimum absolute atomic E-state index is 0.123. The van der Waals surface area contributed by atoms with Crippen molar-refractivity contribution in [1.82, 2.24) is 24.6 Å². The Bertz CT molecular complexity index is 544. The number of amides is 1. The third-order valence-corrected chi connectivity index (χ3v) is 3.68. The summed E-state index contributed by atoms with van der Waals surface area (Å²) in [7, 11) is 2.07. The third kappa shape index (κ3) is 2.63. The summed E-state index contributed by atoms with van der Waals surface area (Å²) in [6, 6.07) is 0. The van der Waals surface area contributed by atoms with Crippen LogP contribution in [-0.4, -0.2) is 45.3 Å². The lowest BCUT2D eigenvalue weighted by Gasteiger charge is -2.28. The molecule has 1 atom stereocenters. The van der Waals surface area contributed by atoms with Gasteiger partial charge in [-0.3, -0.25) is 9.20 Å². The number of aromatic amines is 1. The van der Waals surface area contributed by atoms with Crippen molar-refractivity contribution in [3.05, 3.63) is 24.3 Å². The Kier molecular flexibility index (Phi) is 3.25. The van der Waals surface area contributed by atoms with Gasteiger partial charge in [-0.25, -0.2) is 4.98 Å². The molecule has 0 aromatic carbocycles. The zero-order valence-electron chi connectivity index (χ0n) is 11.1. The minimum Gasteiger partial charge on any atom is -0.350 e. The lowest BCUT2D eigenvalue weighted by molar-refractivity contribution is -0.126. The summed E-state index contributed by atoms with van der Waals surface area (Å²) in [4.78, 5) is 21.6. The van der Waals surface area contributed by atoms with Crippen molar-refractivity contribution in [3.8, 4) is 0 Å². The Hall–Kier alpha value is -1.82. The molecule has 1 aliphatic rings. The summed E-state index contributed by atoms with van der Waals surface area (Å²) in [5.41, 5.74) is 0.973. The van der Waals surface area contributed by atoms with E-state index in [1.54, 1.807) is 6.20 Å². The lowest BCUT2D eigenvalue weighted by atomic mass is 9.98. The predicted octanol–water partition coefficient (Wildman–Crippen LogP) is 0.620. The fourth-order valence-corrected chi connectivity index (χ4v) is 2.65. The van der Waals surface area contributed by atoms with Crippen LogP contribution in [0.5, 0.6) is 0 Å². The van der Waals surface area contributed by atoms with Crippen LogP contribution in [0, 0.1) is 5.92 Å². The molecule has 0 saturated carbocycles. The molecule has 3 heterocycles. The number of hydrogen-bond acceptors (Lipinski definition) is 3. The lowest BCUT2D eigenvalue weighted by Crippen LogP contribution is -2.41. The summed E-state index contributed by atoms with van der Waals surface area (Å²) in [6.45, 7) is 2.49. The Balaban J connectivity index is 1.56. The smallest absolute Gasteiger partial charge is 0.224 e. The molecule has 102 valence electrons. The molecule has 0 bridgehead atoms. The molecule has 6 heteroatoms. The highest BCUT2D eigenvalue weighted by Gasteiger charge is 2.23. The predicted molar refractivity (Wildman–Crippen MR) is 71.6 cm³/mol. The fourth-order valence-electron chi connectivity index (χ4n) is 2.65. The van der Waals surface area contributed by atoms with Crippen molar-refractivity contribution in [1.29, 1.82) is 0 Å². The van der Waals surface area contributed by atoms with Crippen LogP contribution in [-0.2, 0) is 11.3 Å². The molecular weight excluding hydrogens is 242 g/mol. The van der Waals surface area contributed by atoms with E-state index in [0.29, 0.717) is 6.54 Å². The van der Waals surface area contributed by atoms with E-state index in [0.717, 1.165) is 37.4 Å². The largest absolute Gasteiger partial charge is 0.350 e. The first kappa shape index (κ1) is 12.2. The van der Waals surface area contributed by atoms with Crippen molar-refractivity contribution in [2.45, 2.75) is 19.4 Å². The first-order valence-electron chi connectivity index (χ1n) is 6.69. The van der Waals surface area contributed by atoms with Gasteiger partial charge in [-0.05, 0) is 26.4 Å². The molecule has 19 heavy (non-hydrogen) atoms. The van der Waals surface area contributed by atoms with Crippen LogP contribution in [0.4, 0.5) is 0 Å². The van der Waals surface area contributed by atoms with Crippen molar-refractivity contribution in [3.63, 3.8) is 0 Å². The van der Waals surface area contributed by atoms with Gasteiger partial charge in [0.1, 0.15) is 0 Å². The first-order valence-corrected chi connectivity index (χ1v) is 6.69. The van der Waals surface area contributed by atoms with Crippen LogP contribution in [0.2, 0.25) is 0 Å². The van der Waals surface area contributed by atoms with E-state index in [9.17, 15) is 4.79 Å². The number of hydrogen-bond donors (Lipinski definition) is 2. The molecule has 6 nitrogen and oxygen atoms in total. The maximum Gasteiger partial charge on any atom is 0.224 e. The van der Waals surface area contributed by atoms with Crippen LogP contribution < -0.4 is 5.32 Å². The molecule has 1 unspecified atom stereocenters. The number of rotatable bonds is 3. The second-order valence-electron chi connectivity index (χ2n) is 5.26. The third-order valence-electron chi connectivity index (χ3n) is 3.68. The van der Waals surface area contributed by atoms with Gasteiger partial charge in [0.15, 0.2) is 0 Å². The van der Waals surface area contributed by atoms with Gasteiger partial charge < -0.3 is 15.2 Å². The summed E-state index contributed by atoms with van der Waals surface area (Å²) in [6.07, 6.45) is 7.67. The molecule has 1 amide bonds. The number of piperidine rings is 1. The van der Waals surface area contributed by atoms with Crippen LogP contribution in [0.15, 0.2) is 18.6 Å². The van der Waals surface area contributed by atoms with E-state index >= 15 is 0 Å². The number of fused-ring (bicyclic) bond motifs is 1. The second-order valence-corrected chi connectivity index (χ2v) is 5.26. The number of aromatic nitrogens is 3. The Morgan fingerprint density at radius 2 is 2.53 bits per heavy atom. The maximum atomic E-state index is 12.1. The van der Waals surface area contributed by atoms with Gasteiger partial charge in [-0.15, -0.1) is 0 Å². The second kappa shape index (κ2) is 5.05. The van der Waals surface area contributed by atoms with E-state index in [4.69, 9.17) is 0 Å². The number of carbonyl (C=O) groups is 1. The standard InChI is InChI=1S/C13H19N5O/c1-17-5-2-3-10(8-17)12(19)15-7-11-9-18-6-4-14-13(18)16-11/h4,6,9-10H,2-3,5,7-8H2,1H3,(H,14,16)(H,15,19). The molecule has 1 saturated heterocycles. The molecule has 3 rings (SSSR count). The normalized spacial score (nSPS) is 20.8. The highest BCUT2D eigenvalue weighted by atomic mass is 16.1. The topological polar surface area (TPSA) is 65.4 Å². The highest BCUT2D eigenvalue weighted by molar-refractivity contribution is 5.78. The van der Waals surface area contributed by atoms with Crippen molar-refractivity contribution < 1.29 is 4.79 Å². The molecule has 1 fully saturated rings. The first-order chi connectivity index (χ1) is 9.22. The van der Waals surface area contributed by atoms with Crippen LogP contribution in [0.3, 0.4) is 0 Å². The summed E-state index contributed by atoms with van der Waals surface area (Å²) < 4.78 is 1.91. The van der Waals surface area contributed by atoms with Gasteiger partial charge in [0.05, 0.1) is 18.2 Å². The number of carbonyl (C=O) groups excluding carboxylic acids is 1. The monoisotopic (exact) mass is 261 g/mol. The molecule has 2 N–H and O–H groups in total. The molecule has 0 radical (unpaired) electrons. The Morgan fingerprint density at radius 3 is 3.32 bits per heavy atom. The number of H-pyrrole nitrogens is 1. The van der Waals surface area contributed by atoms with E-state index in [2.05, 4.69) is 27.2 Å². The highest BCUT2D eigenvalue weighted by Crippen LogP contribution is 2.15. The molecule has 2 aromatic heterocycles. The molecule has 1 aliphatic heterocycles. The quantitative estimate of drug-likeness (QED) is 0.851. The van der Waals surface area contributed by atoms with Crippen molar-refractivity contribution in [2.75, 3.05) is 20.1 Å². The number of imidazole rings is 2. The zero-order chi connectivity index (χ0) is 13.2. The number of nitrogens with zero attached hydrogens (tertiary/aromatic N) is 3. The van der Waals surface area contributed by atoms with E-state index in [1.165, 1.54) is 0 Å². The van der Waals surface area contributed by atoms with E-state index < -0.39 is 0 Å². The molecule has 0 spiro atoms. The van der Waals surface area contributed by atoms with Crippen molar-refractivity contribution in [2.24, 2.45) is 5.92 Å². The fraction of sp³-hybridized carbons (Fsp3) is 0.538. The zero-order valence-corrected chi connectivity index (χ0v) is 11.1. The average molecular weight is 261 g/mol. The molecular formula is C13H19N5O. The van der Waals surface area contributed by atoms with Gasteiger partial charge in [0, 0.05) is 25.1 Å². The van der Waals surface area contributed by atoms with Gasteiger partial charge in [-0.1, -0.05) is 0 Å². The van der Waals surface area contributed by atoms with E-state index in [-0.39, 0.29) is 11.8 Å². The molecule has 0 aliphatic carbocycles. The SMILES string of the molecule is CN1CCCC(C(=O)NCc2cn3ccnc3[nH]2)C1. The van der Waals surface area contributed by atoms with Crippen LogP contribution in [0.25, 0.3) is 5.78 Å². The van der Waals surface area contributed by atoms with Crippen LogP contribution in [0.1, 0.15) is 18.5 Å². The summed E-state index contributed by atoms with van der Waals surface area (Å²) in [5.74, 6) is 1.08. The van der Waals surface area contributed by atoms with Gasteiger partial charge >= 0.3 is 0 Å². The van der Waals surface area contributed by atoms with Gasteiger partial charge in [0.25, 0.3) is 0 Å². The van der Waals surface area contributed by atoms with Crippen LogP contribution >= 0.6 is 0 Å². The van der Waals surface area contributed by atoms with Gasteiger partial charge in [0.2, 0.25) is 11.7 Å². The van der Waals surface area contributed by atoms with Crippen molar-refractivity contribution >= 4 is 11.7 Å². The minimum atomic E-state index is 0.123. The Morgan fingerprint density at radius 1 is 1.63 bits per heavy atom. The average Bonchev–Trinajstić information content (AvgIpc) is 2.96. The summed E-state index contributed by atoms with van der Waals surface area (Å²) in [5, 5.41) is 3.00.